The number of rotatable bonds is 2. The van der Waals surface area contributed by atoms with Gasteiger partial charge in [0.05, 0.1) is 12.0 Å². The van der Waals surface area contributed by atoms with Crippen molar-refractivity contribution < 1.29 is 18.8 Å². The normalized spacial score (nSPS) is 16.9. The van der Waals surface area contributed by atoms with E-state index >= 15 is 0 Å². The molecule has 6 heteroatoms. The van der Waals surface area contributed by atoms with Gasteiger partial charge in [0.1, 0.15) is 11.3 Å². The zero-order valence-electron chi connectivity index (χ0n) is 12.6. The van der Waals surface area contributed by atoms with E-state index in [0.717, 1.165) is 16.0 Å². The molecule has 0 saturated carbocycles. The minimum atomic E-state index is -0.762. The summed E-state index contributed by atoms with van der Waals surface area (Å²) in [7, 11) is 0. The van der Waals surface area contributed by atoms with Crippen LogP contribution in [0.2, 0.25) is 0 Å². The standard InChI is InChI=1S/C17H14N2O4/c1-10-6-11(2)8-12(7-10)19-16(21)14(15(20)18-17(19)22)9-13-4-3-5-23-13/h3-9H,1-2H3,(H,18,20,22). The minimum Gasteiger partial charge on any atom is -0.465 e. The molecule has 0 radical (unpaired) electrons. The fraction of sp³-hybridized carbons (Fsp3) is 0.118. The first-order chi connectivity index (χ1) is 11.0. The molecular weight excluding hydrogens is 296 g/mol. The van der Waals surface area contributed by atoms with Gasteiger partial charge >= 0.3 is 6.03 Å². The molecule has 1 aliphatic rings. The van der Waals surface area contributed by atoms with Crippen LogP contribution in [0.1, 0.15) is 16.9 Å². The van der Waals surface area contributed by atoms with Crippen molar-refractivity contribution in [3.05, 3.63) is 59.1 Å². The fourth-order valence-corrected chi connectivity index (χ4v) is 2.49. The molecule has 1 aliphatic heterocycles. The average Bonchev–Trinajstić information content (AvgIpc) is 2.95. The summed E-state index contributed by atoms with van der Waals surface area (Å²) < 4.78 is 5.13. The van der Waals surface area contributed by atoms with Crippen molar-refractivity contribution in [2.45, 2.75) is 13.8 Å². The highest BCUT2D eigenvalue weighted by molar-refractivity contribution is 6.39. The van der Waals surface area contributed by atoms with Crippen LogP contribution in [-0.4, -0.2) is 17.8 Å². The number of carbonyl (C=O) groups is 3. The van der Waals surface area contributed by atoms with Crippen LogP contribution in [0.4, 0.5) is 10.5 Å². The first-order valence-corrected chi connectivity index (χ1v) is 6.99. The van der Waals surface area contributed by atoms with E-state index in [2.05, 4.69) is 5.32 Å². The van der Waals surface area contributed by atoms with Crippen molar-refractivity contribution in [2.75, 3.05) is 4.90 Å². The first kappa shape index (κ1) is 14.8. The van der Waals surface area contributed by atoms with E-state index in [1.54, 1.807) is 24.3 Å². The highest BCUT2D eigenvalue weighted by Crippen LogP contribution is 2.24. The molecule has 23 heavy (non-hydrogen) atoms. The summed E-state index contributed by atoms with van der Waals surface area (Å²) in [5.41, 5.74) is 2.09. The maximum absolute atomic E-state index is 12.6. The van der Waals surface area contributed by atoms with E-state index in [0.29, 0.717) is 11.4 Å². The third-order valence-corrected chi connectivity index (χ3v) is 3.40. The Morgan fingerprint density at radius 3 is 2.39 bits per heavy atom. The van der Waals surface area contributed by atoms with E-state index in [-0.39, 0.29) is 5.57 Å². The number of urea groups is 1. The number of hydrogen-bond donors (Lipinski definition) is 1. The molecule has 4 amide bonds. The SMILES string of the molecule is Cc1cc(C)cc(N2C(=O)NC(=O)C(=Cc3ccco3)C2=O)c1. The maximum atomic E-state index is 12.6. The summed E-state index contributed by atoms with van der Waals surface area (Å²) in [5.74, 6) is -1.06. The van der Waals surface area contributed by atoms with Gasteiger partial charge in [-0.15, -0.1) is 0 Å². The average molecular weight is 310 g/mol. The Bertz CT molecular complexity index is 814. The number of aryl methyl sites for hydroxylation is 2. The van der Waals surface area contributed by atoms with Gasteiger partial charge < -0.3 is 4.42 Å². The molecule has 0 unspecified atom stereocenters. The number of imide groups is 2. The summed E-state index contributed by atoms with van der Waals surface area (Å²) in [6.45, 7) is 3.74. The van der Waals surface area contributed by atoms with Gasteiger partial charge in [0, 0.05) is 0 Å². The molecule has 1 aromatic carbocycles. The lowest BCUT2D eigenvalue weighted by Crippen LogP contribution is -2.54. The fourth-order valence-electron chi connectivity index (χ4n) is 2.49. The molecule has 0 bridgehead atoms. The Hall–Kier alpha value is -3.15. The highest BCUT2D eigenvalue weighted by Gasteiger charge is 2.37. The number of nitrogens with zero attached hydrogens (tertiary/aromatic N) is 1. The van der Waals surface area contributed by atoms with Crippen molar-refractivity contribution in [2.24, 2.45) is 0 Å². The number of hydrogen-bond acceptors (Lipinski definition) is 4. The van der Waals surface area contributed by atoms with Gasteiger partial charge in [0.25, 0.3) is 11.8 Å². The molecule has 6 nitrogen and oxygen atoms in total. The molecule has 1 N–H and O–H groups in total. The van der Waals surface area contributed by atoms with Gasteiger partial charge in [-0.3, -0.25) is 14.9 Å². The Balaban J connectivity index is 2.05. The lowest BCUT2D eigenvalue weighted by atomic mass is 10.1. The zero-order valence-corrected chi connectivity index (χ0v) is 12.6. The lowest BCUT2D eigenvalue weighted by molar-refractivity contribution is -0.122. The van der Waals surface area contributed by atoms with Crippen LogP contribution in [0, 0.1) is 13.8 Å². The summed E-state index contributed by atoms with van der Waals surface area (Å²) in [4.78, 5) is 37.7. The predicted molar refractivity (Wildman–Crippen MR) is 83.6 cm³/mol. The number of barbiturate groups is 1. The van der Waals surface area contributed by atoms with Crippen molar-refractivity contribution in [3.8, 4) is 0 Å². The van der Waals surface area contributed by atoms with Crippen LogP contribution >= 0.6 is 0 Å². The third kappa shape index (κ3) is 2.78. The van der Waals surface area contributed by atoms with Crippen LogP contribution in [0.15, 0.2) is 46.6 Å². The van der Waals surface area contributed by atoms with Crippen LogP contribution in [0.3, 0.4) is 0 Å². The summed E-state index contributed by atoms with van der Waals surface area (Å²) in [6, 6.07) is 7.85. The number of amides is 4. The second kappa shape index (κ2) is 5.57. The van der Waals surface area contributed by atoms with Crippen LogP contribution in [0.5, 0.6) is 0 Å². The largest absolute Gasteiger partial charge is 0.465 e. The number of nitrogens with one attached hydrogen (secondary N) is 1. The Morgan fingerprint density at radius 2 is 1.78 bits per heavy atom. The predicted octanol–water partition coefficient (Wildman–Crippen LogP) is 2.56. The lowest BCUT2D eigenvalue weighted by Gasteiger charge is -2.26. The Morgan fingerprint density at radius 1 is 1.09 bits per heavy atom. The van der Waals surface area contributed by atoms with E-state index in [9.17, 15) is 14.4 Å². The second-order valence-electron chi connectivity index (χ2n) is 5.32. The van der Waals surface area contributed by atoms with Crippen molar-refractivity contribution >= 4 is 29.6 Å². The van der Waals surface area contributed by atoms with Crippen LogP contribution in [0.25, 0.3) is 6.08 Å². The highest BCUT2D eigenvalue weighted by atomic mass is 16.3. The molecule has 2 aromatic rings. The quantitative estimate of drug-likeness (QED) is 0.683. The number of carbonyl (C=O) groups excluding carboxylic acids is 3. The topological polar surface area (TPSA) is 79.6 Å². The van der Waals surface area contributed by atoms with Gasteiger partial charge in [-0.2, -0.15) is 0 Å². The molecule has 116 valence electrons. The minimum absolute atomic E-state index is 0.154. The molecule has 3 rings (SSSR count). The maximum Gasteiger partial charge on any atom is 0.335 e. The zero-order chi connectivity index (χ0) is 16.6. The molecule has 1 fully saturated rings. The molecule has 0 spiro atoms. The van der Waals surface area contributed by atoms with Crippen LogP contribution in [-0.2, 0) is 9.59 Å². The monoisotopic (exact) mass is 310 g/mol. The summed E-state index contributed by atoms with van der Waals surface area (Å²) >= 11 is 0. The number of benzene rings is 1. The molecule has 1 aromatic heterocycles. The second-order valence-corrected chi connectivity index (χ2v) is 5.32. The van der Waals surface area contributed by atoms with Crippen molar-refractivity contribution in [3.63, 3.8) is 0 Å². The van der Waals surface area contributed by atoms with Gasteiger partial charge in [-0.1, -0.05) is 6.07 Å². The smallest absolute Gasteiger partial charge is 0.335 e. The van der Waals surface area contributed by atoms with Gasteiger partial charge in [0.15, 0.2) is 0 Å². The summed E-state index contributed by atoms with van der Waals surface area (Å²) in [5, 5.41) is 2.18. The molecule has 2 heterocycles. The van der Waals surface area contributed by atoms with Gasteiger partial charge in [-0.25, -0.2) is 9.69 Å². The third-order valence-electron chi connectivity index (χ3n) is 3.40. The number of furan rings is 1. The molecule has 0 aliphatic carbocycles. The number of anilines is 1. The van der Waals surface area contributed by atoms with Crippen LogP contribution < -0.4 is 10.2 Å². The van der Waals surface area contributed by atoms with Crippen molar-refractivity contribution in [1.29, 1.82) is 0 Å². The van der Waals surface area contributed by atoms with E-state index in [1.807, 2.05) is 19.9 Å². The van der Waals surface area contributed by atoms with Crippen molar-refractivity contribution in [1.82, 2.24) is 5.32 Å². The van der Waals surface area contributed by atoms with E-state index in [4.69, 9.17) is 4.42 Å². The Kier molecular flexibility index (Phi) is 3.57. The van der Waals surface area contributed by atoms with Gasteiger partial charge in [-0.05, 0) is 55.3 Å². The molecule has 1 saturated heterocycles. The van der Waals surface area contributed by atoms with E-state index in [1.165, 1.54) is 12.3 Å². The molecule has 0 atom stereocenters. The van der Waals surface area contributed by atoms with E-state index < -0.39 is 17.8 Å². The Labute approximate surface area is 132 Å². The van der Waals surface area contributed by atoms with Gasteiger partial charge in [0.2, 0.25) is 0 Å². The summed E-state index contributed by atoms with van der Waals surface area (Å²) in [6.07, 6.45) is 2.75. The molecular formula is C17H14N2O4. The first-order valence-electron chi connectivity index (χ1n) is 6.99.